The van der Waals surface area contributed by atoms with E-state index in [1.807, 2.05) is 45.0 Å². The van der Waals surface area contributed by atoms with Gasteiger partial charge in [-0.1, -0.05) is 49.4 Å². The fraction of sp³-hybridized carbons (Fsp3) is 0.391. The van der Waals surface area contributed by atoms with Gasteiger partial charge >= 0.3 is 0 Å². The van der Waals surface area contributed by atoms with Gasteiger partial charge in [0.1, 0.15) is 6.04 Å². The first kappa shape index (κ1) is 23.1. The number of para-hydroxylation sites is 1. The van der Waals surface area contributed by atoms with E-state index in [2.05, 4.69) is 5.32 Å². The topological polar surface area (TPSA) is 92.6 Å². The quantitative estimate of drug-likeness (QED) is 0.502. The summed E-state index contributed by atoms with van der Waals surface area (Å²) in [6.07, 6.45) is 0.629. The summed E-state index contributed by atoms with van der Waals surface area (Å²) in [5, 5.41) is 14.2. The summed E-state index contributed by atoms with van der Waals surface area (Å²) >= 11 is 0. The average Bonchev–Trinajstić information content (AvgIpc) is 2.72. The first-order chi connectivity index (χ1) is 14.2. The van der Waals surface area contributed by atoms with Gasteiger partial charge in [-0.3, -0.25) is 19.7 Å². The number of carbonyl (C=O) groups is 2. The lowest BCUT2D eigenvalue weighted by molar-refractivity contribution is -0.385. The van der Waals surface area contributed by atoms with Crippen molar-refractivity contribution < 1.29 is 14.5 Å². The molecule has 2 unspecified atom stereocenters. The van der Waals surface area contributed by atoms with Crippen LogP contribution in [-0.4, -0.2) is 33.7 Å². The Labute approximate surface area is 177 Å². The SMILES string of the molecule is CCC(C)NC(=O)C(C)N(Cc1ccccc1C)C(=O)Cc1ccccc1[N+](=O)[O-]. The smallest absolute Gasteiger partial charge is 0.273 e. The van der Waals surface area contributed by atoms with Crippen LogP contribution in [0.4, 0.5) is 5.69 Å². The van der Waals surface area contributed by atoms with Gasteiger partial charge in [-0.2, -0.15) is 0 Å². The van der Waals surface area contributed by atoms with Gasteiger partial charge < -0.3 is 10.2 Å². The minimum atomic E-state index is -0.714. The van der Waals surface area contributed by atoms with E-state index in [0.717, 1.165) is 17.5 Å². The molecule has 0 aromatic heterocycles. The predicted octanol–water partition coefficient (Wildman–Crippen LogP) is 3.78. The first-order valence-corrected chi connectivity index (χ1v) is 10.1. The zero-order chi connectivity index (χ0) is 22.3. The number of hydrogen-bond acceptors (Lipinski definition) is 4. The molecular formula is C23H29N3O4. The Kier molecular flexibility index (Phi) is 8.09. The highest BCUT2D eigenvalue weighted by atomic mass is 16.6. The number of benzene rings is 2. The minimum Gasteiger partial charge on any atom is -0.352 e. The lowest BCUT2D eigenvalue weighted by atomic mass is 10.0. The maximum absolute atomic E-state index is 13.2. The van der Waals surface area contributed by atoms with Crippen LogP contribution < -0.4 is 5.32 Å². The predicted molar refractivity (Wildman–Crippen MR) is 116 cm³/mol. The molecule has 2 aromatic carbocycles. The third kappa shape index (κ3) is 5.89. The van der Waals surface area contributed by atoms with Crippen LogP contribution >= 0.6 is 0 Å². The third-order valence-electron chi connectivity index (χ3n) is 5.30. The molecule has 160 valence electrons. The normalized spacial score (nSPS) is 12.7. The average molecular weight is 412 g/mol. The number of nitro benzene ring substituents is 1. The largest absolute Gasteiger partial charge is 0.352 e. The van der Waals surface area contributed by atoms with Gasteiger partial charge in [0.05, 0.1) is 11.3 Å². The highest BCUT2D eigenvalue weighted by Gasteiger charge is 2.28. The molecule has 7 heteroatoms. The maximum Gasteiger partial charge on any atom is 0.273 e. The van der Waals surface area contributed by atoms with Crippen LogP contribution in [0.1, 0.15) is 43.9 Å². The summed E-state index contributed by atoms with van der Waals surface area (Å²) in [6.45, 7) is 7.77. The van der Waals surface area contributed by atoms with Crippen molar-refractivity contribution in [2.24, 2.45) is 0 Å². The Morgan fingerprint density at radius 3 is 2.27 bits per heavy atom. The number of amides is 2. The maximum atomic E-state index is 13.2. The van der Waals surface area contributed by atoms with Crippen molar-refractivity contribution in [1.29, 1.82) is 0 Å². The van der Waals surface area contributed by atoms with Crippen LogP contribution in [0.15, 0.2) is 48.5 Å². The van der Waals surface area contributed by atoms with E-state index in [0.29, 0.717) is 5.56 Å². The summed E-state index contributed by atoms with van der Waals surface area (Å²) in [7, 11) is 0. The van der Waals surface area contributed by atoms with Crippen molar-refractivity contribution in [2.75, 3.05) is 0 Å². The fourth-order valence-electron chi connectivity index (χ4n) is 3.12. The first-order valence-electron chi connectivity index (χ1n) is 10.1. The van der Waals surface area contributed by atoms with Gasteiger partial charge in [0.2, 0.25) is 11.8 Å². The molecule has 1 N–H and O–H groups in total. The Hall–Kier alpha value is -3.22. The molecule has 0 aliphatic rings. The molecule has 2 amide bonds. The van der Waals surface area contributed by atoms with E-state index in [1.54, 1.807) is 25.1 Å². The molecule has 0 spiro atoms. The molecule has 2 rings (SSSR count). The van der Waals surface area contributed by atoms with E-state index < -0.39 is 11.0 Å². The molecule has 0 aliphatic carbocycles. The molecule has 2 aromatic rings. The highest BCUT2D eigenvalue weighted by molar-refractivity contribution is 5.88. The van der Waals surface area contributed by atoms with Gasteiger partial charge in [-0.15, -0.1) is 0 Å². The van der Waals surface area contributed by atoms with Gasteiger partial charge in [0, 0.05) is 24.2 Å². The highest BCUT2D eigenvalue weighted by Crippen LogP contribution is 2.21. The van der Waals surface area contributed by atoms with Crippen molar-refractivity contribution in [3.8, 4) is 0 Å². The van der Waals surface area contributed by atoms with Gasteiger partial charge in [0.25, 0.3) is 5.69 Å². The molecular weight excluding hydrogens is 382 g/mol. The second kappa shape index (κ2) is 10.5. The minimum absolute atomic E-state index is 0.00873. The molecule has 0 fully saturated rings. The summed E-state index contributed by atoms with van der Waals surface area (Å²) in [5.41, 5.74) is 2.17. The summed E-state index contributed by atoms with van der Waals surface area (Å²) in [6, 6.07) is 13.1. The van der Waals surface area contributed by atoms with Crippen molar-refractivity contribution in [1.82, 2.24) is 10.2 Å². The molecule has 0 saturated heterocycles. The molecule has 0 bridgehead atoms. The van der Waals surface area contributed by atoms with E-state index >= 15 is 0 Å². The molecule has 0 radical (unpaired) electrons. The van der Waals surface area contributed by atoms with Crippen LogP contribution in [0.3, 0.4) is 0 Å². The van der Waals surface area contributed by atoms with Gasteiger partial charge in [0.15, 0.2) is 0 Å². The Bertz CT molecular complexity index is 913. The second-order valence-corrected chi connectivity index (χ2v) is 7.50. The standard InChI is InChI=1S/C23H29N3O4/c1-5-17(3)24-23(28)18(4)25(15-20-12-7-6-10-16(20)2)22(27)14-19-11-8-9-13-21(19)26(29)30/h6-13,17-18H,5,14-15H2,1-4H3,(H,24,28). The van der Waals surface area contributed by atoms with E-state index in [9.17, 15) is 19.7 Å². The number of rotatable bonds is 9. The van der Waals surface area contributed by atoms with Crippen molar-refractivity contribution in [2.45, 2.75) is 59.2 Å². The van der Waals surface area contributed by atoms with Gasteiger partial charge in [-0.05, 0) is 38.3 Å². The van der Waals surface area contributed by atoms with E-state index in [-0.39, 0.29) is 36.5 Å². The molecule has 0 heterocycles. The zero-order valence-electron chi connectivity index (χ0n) is 17.9. The Morgan fingerprint density at radius 1 is 1.07 bits per heavy atom. The summed E-state index contributed by atoms with van der Waals surface area (Å²) in [5.74, 6) is -0.576. The van der Waals surface area contributed by atoms with Crippen molar-refractivity contribution >= 4 is 17.5 Å². The van der Waals surface area contributed by atoms with E-state index in [4.69, 9.17) is 0 Å². The summed E-state index contributed by atoms with van der Waals surface area (Å²) < 4.78 is 0. The number of aryl methyl sites for hydroxylation is 1. The van der Waals surface area contributed by atoms with Crippen LogP contribution in [0.2, 0.25) is 0 Å². The monoisotopic (exact) mass is 411 g/mol. The molecule has 30 heavy (non-hydrogen) atoms. The number of nitrogens with one attached hydrogen (secondary N) is 1. The third-order valence-corrected chi connectivity index (χ3v) is 5.30. The fourth-order valence-corrected chi connectivity index (χ4v) is 3.12. The molecule has 0 saturated carbocycles. The second-order valence-electron chi connectivity index (χ2n) is 7.50. The van der Waals surface area contributed by atoms with Crippen LogP contribution in [0.5, 0.6) is 0 Å². The number of nitrogens with zero attached hydrogens (tertiary/aromatic N) is 2. The van der Waals surface area contributed by atoms with Crippen LogP contribution in [0, 0.1) is 17.0 Å². The van der Waals surface area contributed by atoms with Crippen molar-refractivity contribution in [3.63, 3.8) is 0 Å². The molecule has 2 atom stereocenters. The number of hydrogen-bond donors (Lipinski definition) is 1. The van der Waals surface area contributed by atoms with Crippen molar-refractivity contribution in [3.05, 3.63) is 75.3 Å². The van der Waals surface area contributed by atoms with E-state index in [1.165, 1.54) is 11.0 Å². The summed E-state index contributed by atoms with van der Waals surface area (Å²) in [4.78, 5) is 38.3. The Balaban J connectivity index is 2.32. The lowest BCUT2D eigenvalue weighted by Gasteiger charge is -2.30. The number of carbonyl (C=O) groups excluding carboxylic acids is 2. The van der Waals surface area contributed by atoms with Crippen LogP contribution in [-0.2, 0) is 22.6 Å². The molecule has 7 nitrogen and oxygen atoms in total. The lowest BCUT2D eigenvalue weighted by Crippen LogP contribution is -2.50. The van der Waals surface area contributed by atoms with Gasteiger partial charge in [-0.25, -0.2) is 0 Å². The zero-order valence-corrected chi connectivity index (χ0v) is 17.9. The number of nitro groups is 1. The van der Waals surface area contributed by atoms with Crippen LogP contribution in [0.25, 0.3) is 0 Å². The Morgan fingerprint density at radius 2 is 1.67 bits per heavy atom. The molecule has 0 aliphatic heterocycles.